The number of fused-ring (bicyclic) bond motifs is 1. The Bertz CT molecular complexity index is 740. The molecule has 2 aliphatic carbocycles. The van der Waals surface area contributed by atoms with Gasteiger partial charge in [-0.3, -0.25) is 9.59 Å². The number of hydrogen-bond acceptors (Lipinski definition) is 5. The molecule has 0 saturated heterocycles. The Balaban J connectivity index is 1.57. The largest absolute Gasteiger partial charge is 0.469 e. The number of nitrogens with one attached hydrogen (secondary N) is 2. The van der Waals surface area contributed by atoms with E-state index in [2.05, 4.69) is 17.6 Å². The first-order valence-corrected chi connectivity index (χ1v) is 11.1. The smallest absolute Gasteiger partial charge is 0.311 e. The molecular formula is C24H36N2O4. The number of carbonyl (C=O) groups excluding carboxylic acids is 2. The second kappa shape index (κ2) is 9.48. The van der Waals surface area contributed by atoms with Gasteiger partial charge in [-0.15, -0.1) is 0 Å². The van der Waals surface area contributed by atoms with E-state index >= 15 is 0 Å². The lowest BCUT2D eigenvalue weighted by Crippen LogP contribution is -2.50. The summed E-state index contributed by atoms with van der Waals surface area (Å²) in [6.07, 6.45) is 2.31. The first-order valence-electron chi connectivity index (χ1n) is 11.1. The lowest BCUT2D eigenvalue weighted by Gasteiger charge is -2.38. The van der Waals surface area contributed by atoms with Crippen molar-refractivity contribution in [2.45, 2.75) is 64.6 Å². The monoisotopic (exact) mass is 416 g/mol. The minimum atomic E-state index is -1.11. The van der Waals surface area contributed by atoms with Crippen molar-refractivity contribution in [2.75, 3.05) is 13.7 Å². The van der Waals surface area contributed by atoms with E-state index in [0.29, 0.717) is 11.8 Å². The average molecular weight is 417 g/mol. The second-order valence-electron chi connectivity index (χ2n) is 9.51. The second-order valence-corrected chi connectivity index (χ2v) is 9.51. The molecule has 7 unspecified atom stereocenters. The Morgan fingerprint density at radius 1 is 1.20 bits per heavy atom. The molecule has 6 nitrogen and oxygen atoms in total. The summed E-state index contributed by atoms with van der Waals surface area (Å²) in [6, 6.07) is 9.99. The zero-order chi connectivity index (χ0) is 21.9. The molecule has 6 heteroatoms. The zero-order valence-electron chi connectivity index (χ0n) is 18.6. The molecule has 0 aliphatic heterocycles. The van der Waals surface area contributed by atoms with Crippen molar-refractivity contribution in [3.05, 3.63) is 35.9 Å². The first-order chi connectivity index (χ1) is 14.2. The summed E-state index contributed by atoms with van der Waals surface area (Å²) >= 11 is 0. The highest BCUT2D eigenvalue weighted by atomic mass is 16.5. The fourth-order valence-electron chi connectivity index (χ4n) is 5.47. The van der Waals surface area contributed by atoms with Crippen LogP contribution in [0.2, 0.25) is 0 Å². The van der Waals surface area contributed by atoms with Gasteiger partial charge in [0.25, 0.3) is 0 Å². The summed E-state index contributed by atoms with van der Waals surface area (Å²) in [6.45, 7) is 6.42. The Hall–Kier alpha value is -1.92. The quantitative estimate of drug-likeness (QED) is 0.595. The SMILES string of the molecule is COC(=O)C1(C)CC2C(C)CCC(NC(=O)C(O)CNC(C)c3ccccc3)C2C1. The van der Waals surface area contributed by atoms with Crippen molar-refractivity contribution in [1.82, 2.24) is 10.6 Å². The molecule has 166 valence electrons. The van der Waals surface area contributed by atoms with Crippen LogP contribution in [-0.4, -0.2) is 42.8 Å². The number of amides is 1. The third-order valence-corrected chi connectivity index (χ3v) is 7.33. The maximum Gasteiger partial charge on any atom is 0.311 e. The van der Waals surface area contributed by atoms with Crippen LogP contribution < -0.4 is 10.6 Å². The number of carbonyl (C=O) groups is 2. The number of benzene rings is 1. The van der Waals surface area contributed by atoms with E-state index < -0.39 is 11.5 Å². The molecule has 7 atom stereocenters. The van der Waals surface area contributed by atoms with Gasteiger partial charge in [-0.2, -0.15) is 0 Å². The van der Waals surface area contributed by atoms with Crippen LogP contribution in [0.1, 0.15) is 58.1 Å². The van der Waals surface area contributed by atoms with Crippen LogP contribution in [0.5, 0.6) is 0 Å². The Labute approximate surface area is 179 Å². The summed E-state index contributed by atoms with van der Waals surface area (Å²) in [7, 11) is 1.44. The Kier molecular flexibility index (Phi) is 7.19. The molecule has 3 rings (SSSR count). The van der Waals surface area contributed by atoms with Gasteiger partial charge in [0.2, 0.25) is 5.91 Å². The highest BCUT2D eigenvalue weighted by Crippen LogP contribution is 2.53. The molecule has 3 N–H and O–H groups in total. The molecule has 30 heavy (non-hydrogen) atoms. The summed E-state index contributed by atoms with van der Waals surface area (Å²) in [5.41, 5.74) is 0.624. The number of aliphatic hydroxyl groups is 1. The topological polar surface area (TPSA) is 87.7 Å². The average Bonchev–Trinajstić information content (AvgIpc) is 3.13. The molecule has 2 saturated carbocycles. The van der Waals surface area contributed by atoms with Crippen LogP contribution in [0.3, 0.4) is 0 Å². The van der Waals surface area contributed by atoms with Crippen molar-refractivity contribution >= 4 is 11.9 Å². The lowest BCUT2D eigenvalue weighted by atomic mass is 9.72. The van der Waals surface area contributed by atoms with E-state index in [1.54, 1.807) is 0 Å². The van der Waals surface area contributed by atoms with Crippen LogP contribution in [0.15, 0.2) is 30.3 Å². The predicted octanol–water partition coefficient (Wildman–Crippen LogP) is 2.82. The molecule has 0 heterocycles. The molecule has 0 radical (unpaired) electrons. The summed E-state index contributed by atoms with van der Waals surface area (Å²) < 4.78 is 5.05. The number of esters is 1. The molecule has 2 aliphatic rings. The van der Waals surface area contributed by atoms with Crippen LogP contribution in [-0.2, 0) is 14.3 Å². The third-order valence-electron chi connectivity index (χ3n) is 7.33. The van der Waals surface area contributed by atoms with E-state index in [1.807, 2.05) is 44.2 Å². The molecule has 2 fully saturated rings. The van der Waals surface area contributed by atoms with E-state index in [9.17, 15) is 14.7 Å². The summed E-state index contributed by atoms with van der Waals surface area (Å²) in [5, 5.41) is 16.7. The molecule has 1 amide bonds. The van der Waals surface area contributed by atoms with E-state index in [0.717, 1.165) is 31.2 Å². The number of ether oxygens (including phenoxy) is 1. The van der Waals surface area contributed by atoms with Gasteiger partial charge in [-0.1, -0.05) is 37.3 Å². The van der Waals surface area contributed by atoms with Crippen molar-refractivity contribution in [1.29, 1.82) is 0 Å². The Morgan fingerprint density at radius 2 is 1.87 bits per heavy atom. The fourth-order valence-corrected chi connectivity index (χ4v) is 5.47. The van der Waals surface area contributed by atoms with Gasteiger partial charge in [0, 0.05) is 18.6 Å². The fraction of sp³-hybridized carbons (Fsp3) is 0.667. The standard InChI is InChI=1S/C24H36N2O4/c1-15-10-11-20(19-13-24(3,12-18(15)19)23(29)30-4)26-22(28)21(27)14-25-16(2)17-8-6-5-7-9-17/h5-9,15-16,18-21,25,27H,10-14H2,1-4H3,(H,26,28). The number of rotatable bonds is 7. The summed E-state index contributed by atoms with van der Waals surface area (Å²) in [4.78, 5) is 25.0. The molecular weight excluding hydrogens is 380 g/mol. The van der Waals surface area contributed by atoms with Crippen LogP contribution in [0.25, 0.3) is 0 Å². The molecule has 0 aromatic heterocycles. The molecule has 0 bridgehead atoms. The van der Waals surface area contributed by atoms with Gasteiger partial charge < -0.3 is 20.5 Å². The zero-order valence-corrected chi connectivity index (χ0v) is 18.6. The van der Waals surface area contributed by atoms with Gasteiger partial charge in [0.05, 0.1) is 12.5 Å². The van der Waals surface area contributed by atoms with Crippen molar-refractivity contribution in [3.8, 4) is 0 Å². The van der Waals surface area contributed by atoms with Crippen LogP contribution in [0.4, 0.5) is 0 Å². The maximum atomic E-state index is 12.7. The van der Waals surface area contributed by atoms with E-state index in [1.165, 1.54) is 7.11 Å². The third kappa shape index (κ3) is 4.86. The van der Waals surface area contributed by atoms with Gasteiger partial charge >= 0.3 is 5.97 Å². The minimum Gasteiger partial charge on any atom is -0.469 e. The molecule has 0 spiro atoms. The van der Waals surface area contributed by atoms with Crippen LogP contribution in [0, 0.1) is 23.2 Å². The first kappa shape index (κ1) is 22.8. The molecule has 1 aromatic rings. The number of methoxy groups -OCH3 is 1. The normalized spacial score (nSPS) is 32.7. The van der Waals surface area contributed by atoms with Crippen molar-refractivity contribution in [2.24, 2.45) is 23.2 Å². The van der Waals surface area contributed by atoms with Crippen molar-refractivity contribution < 1.29 is 19.4 Å². The molecule has 1 aromatic carbocycles. The summed E-state index contributed by atoms with van der Waals surface area (Å²) in [5.74, 6) is 0.653. The number of hydrogen-bond donors (Lipinski definition) is 3. The van der Waals surface area contributed by atoms with E-state index in [-0.39, 0.29) is 36.4 Å². The maximum absolute atomic E-state index is 12.7. The lowest BCUT2D eigenvalue weighted by molar-refractivity contribution is -0.151. The van der Waals surface area contributed by atoms with E-state index in [4.69, 9.17) is 4.74 Å². The van der Waals surface area contributed by atoms with Gasteiger partial charge in [-0.05, 0) is 62.8 Å². The minimum absolute atomic E-state index is 0.00798. The van der Waals surface area contributed by atoms with Crippen LogP contribution >= 0.6 is 0 Å². The Morgan fingerprint density at radius 3 is 2.53 bits per heavy atom. The van der Waals surface area contributed by atoms with Crippen molar-refractivity contribution in [3.63, 3.8) is 0 Å². The number of aliphatic hydroxyl groups excluding tert-OH is 1. The van der Waals surface area contributed by atoms with Gasteiger partial charge in [-0.25, -0.2) is 0 Å². The highest BCUT2D eigenvalue weighted by molar-refractivity contribution is 5.81. The highest BCUT2D eigenvalue weighted by Gasteiger charge is 2.53. The van der Waals surface area contributed by atoms with Gasteiger partial charge in [0.1, 0.15) is 6.10 Å². The van der Waals surface area contributed by atoms with Gasteiger partial charge in [0.15, 0.2) is 0 Å². The predicted molar refractivity (Wildman–Crippen MR) is 116 cm³/mol.